The molecule has 0 saturated carbocycles. The molecule has 1 aromatic rings. The fraction of sp³-hybridized carbons (Fsp3) is 0.300. The topological polar surface area (TPSA) is 33.0 Å². The molecule has 0 heterocycles. The first-order valence-electron chi connectivity index (χ1n) is 4.10. The van der Waals surface area contributed by atoms with E-state index >= 15 is 0 Å². The Bertz CT molecular complexity index is 398. The minimum atomic E-state index is 0.487. The average molecular weight is 322 g/mol. The Morgan fingerprint density at radius 1 is 1.64 bits per heavy atom. The number of methoxy groups -OCH3 is 1. The molecule has 0 aromatic heterocycles. The van der Waals surface area contributed by atoms with Gasteiger partial charge in [0.05, 0.1) is 21.3 Å². The first-order chi connectivity index (χ1) is 6.65. The lowest BCUT2D eigenvalue weighted by atomic mass is 10.1. The maximum absolute atomic E-state index is 8.89. The van der Waals surface area contributed by atoms with Crippen LogP contribution in [-0.4, -0.2) is 7.11 Å². The van der Waals surface area contributed by atoms with Gasteiger partial charge in [0.1, 0.15) is 11.8 Å². The summed E-state index contributed by atoms with van der Waals surface area (Å²) >= 11 is 8.04. The molecule has 0 N–H and O–H groups in total. The molecule has 4 heteroatoms. The molecule has 0 bridgehead atoms. The normalized spacial score (nSPS) is 9.64. The summed E-state index contributed by atoms with van der Waals surface area (Å²) in [6.45, 7) is 2.02. The molecule has 0 aliphatic heterocycles. The molecule has 0 atom stereocenters. The lowest BCUT2D eigenvalue weighted by molar-refractivity contribution is 0.407. The second-order valence-electron chi connectivity index (χ2n) is 2.71. The highest BCUT2D eigenvalue weighted by Crippen LogP contribution is 2.33. The molecule has 2 nitrogen and oxygen atoms in total. The number of benzene rings is 1. The third-order valence-corrected chi connectivity index (χ3v) is 3.27. The van der Waals surface area contributed by atoms with Gasteiger partial charge in [-0.1, -0.05) is 18.5 Å². The van der Waals surface area contributed by atoms with Crippen molar-refractivity contribution >= 4 is 34.2 Å². The van der Waals surface area contributed by atoms with E-state index in [9.17, 15) is 0 Å². The molecule has 0 amide bonds. The molecule has 0 unspecified atom stereocenters. The zero-order chi connectivity index (χ0) is 10.7. The summed E-state index contributed by atoms with van der Waals surface area (Å²) < 4.78 is 6.04. The van der Waals surface area contributed by atoms with Crippen molar-refractivity contribution in [3.8, 4) is 11.8 Å². The summed E-state index contributed by atoms with van der Waals surface area (Å²) in [6, 6.07) is 3.86. The van der Waals surface area contributed by atoms with Crippen molar-refractivity contribution in [2.24, 2.45) is 0 Å². The minimum Gasteiger partial charge on any atom is -0.495 e. The zero-order valence-electron chi connectivity index (χ0n) is 7.90. The third-order valence-electron chi connectivity index (χ3n) is 1.95. The number of aryl methyl sites for hydroxylation is 1. The van der Waals surface area contributed by atoms with E-state index in [1.54, 1.807) is 13.2 Å². The Hall–Kier alpha value is -0.470. The molecule has 14 heavy (non-hydrogen) atoms. The minimum absolute atomic E-state index is 0.487. The van der Waals surface area contributed by atoms with Crippen molar-refractivity contribution in [2.75, 3.05) is 7.11 Å². The summed E-state index contributed by atoms with van der Waals surface area (Å²) in [4.78, 5) is 0. The van der Waals surface area contributed by atoms with Crippen LogP contribution in [0.15, 0.2) is 6.07 Å². The number of rotatable bonds is 2. The number of nitrogens with zero attached hydrogens (tertiary/aromatic N) is 1. The number of hydrogen-bond acceptors (Lipinski definition) is 2. The first kappa shape index (κ1) is 11.6. The van der Waals surface area contributed by atoms with Crippen LogP contribution in [0.5, 0.6) is 5.75 Å². The highest BCUT2D eigenvalue weighted by atomic mass is 127. The van der Waals surface area contributed by atoms with Gasteiger partial charge in [0.2, 0.25) is 0 Å². The molecule has 0 aliphatic rings. The predicted octanol–water partition coefficient (Wildman–Crippen LogP) is 3.39. The standard InChI is InChI=1S/C10H9ClINO/c1-3-6-4-8(11)7(5-13)9(12)10(6)14-2/h4H,3H2,1-2H3. The second-order valence-corrected chi connectivity index (χ2v) is 4.19. The fourth-order valence-corrected chi connectivity index (χ4v) is 2.64. The number of ether oxygens (including phenoxy) is 1. The lowest BCUT2D eigenvalue weighted by Crippen LogP contribution is -1.97. The largest absolute Gasteiger partial charge is 0.495 e. The van der Waals surface area contributed by atoms with Gasteiger partial charge in [0.15, 0.2) is 0 Å². The summed E-state index contributed by atoms with van der Waals surface area (Å²) in [5, 5.41) is 9.38. The Morgan fingerprint density at radius 2 is 2.29 bits per heavy atom. The Balaban J connectivity index is 3.49. The van der Waals surface area contributed by atoms with Crippen LogP contribution in [0.4, 0.5) is 0 Å². The van der Waals surface area contributed by atoms with Gasteiger partial charge in [-0.15, -0.1) is 0 Å². The van der Waals surface area contributed by atoms with E-state index in [-0.39, 0.29) is 0 Å². The van der Waals surface area contributed by atoms with Crippen molar-refractivity contribution in [1.82, 2.24) is 0 Å². The summed E-state index contributed by atoms with van der Waals surface area (Å²) in [5.41, 5.74) is 1.52. The first-order valence-corrected chi connectivity index (χ1v) is 5.56. The molecular formula is C10H9ClINO. The molecule has 0 fully saturated rings. The third kappa shape index (κ3) is 1.96. The van der Waals surface area contributed by atoms with Crippen LogP contribution in [0.1, 0.15) is 18.1 Å². The van der Waals surface area contributed by atoms with Crippen LogP contribution in [0.2, 0.25) is 5.02 Å². The van der Waals surface area contributed by atoms with Crippen LogP contribution in [0.25, 0.3) is 0 Å². The van der Waals surface area contributed by atoms with Crippen LogP contribution in [-0.2, 0) is 6.42 Å². The molecule has 1 aromatic carbocycles. The van der Waals surface area contributed by atoms with E-state index in [4.69, 9.17) is 21.6 Å². The van der Waals surface area contributed by atoms with Crippen molar-refractivity contribution in [3.63, 3.8) is 0 Å². The van der Waals surface area contributed by atoms with Gasteiger partial charge in [0, 0.05) is 0 Å². The van der Waals surface area contributed by atoms with Gasteiger partial charge in [-0.25, -0.2) is 0 Å². The van der Waals surface area contributed by atoms with Crippen molar-refractivity contribution in [3.05, 3.63) is 25.8 Å². The van der Waals surface area contributed by atoms with Gasteiger partial charge < -0.3 is 4.74 Å². The lowest BCUT2D eigenvalue weighted by Gasteiger charge is -2.11. The van der Waals surface area contributed by atoms with Crippen molar-refractivity contribution in [2.45, 2.75) is 13.3 Å². The van der Waals surface area contributed by atoms with E-state index in [1.165, 1.54) is 0 Å². The van der Waals surface area contributed by atoms with Gasteiger partial charge in [-0.05, 0) is 40.6 Å². The van der Waals surface area contributed by atoms with Crippen LogP contribution in [0.3, 0.4) is 0 Å². The monoisotopic (exact) mass is 321 g/mol. The number of hydrogen-bond donors (Lipinski definition) is 0. The fourth-order valence-electron chi connectivity index (χ4n) is 1.24. The average Bonchev–Trinajstić information content (AvgIpc) is 2.17. The zero-order valence-corrected chi connectivity index (χ0v) is 10.8. The Kier molecular flexibility index (Phi) is 4.02. The molecule has 1 rings (SSSR count). The highest BCUT2D eigenvalue weighted by molar-refractivity contribution is 14.1. The quantitative estimate of drug-likeness (QED) is 0.782. The molecule has 0 aliphatic carbocycles. The smallest absolute Gasteiger partial charge is 0.136 e. The van der Waals surface area contributed by atoms with Crippen molar-refractivity contribution in [1.29, 1.82) is 5.26 Å². The molecule has 0 spiro atoms. The molecule has 0 radical (unpaired) electrons. The van der Waals surface area contributed by atoms with Crippen LogP contribution < -0.4 is 4.74 Å². The SMILES string of the molecule is CCc1cc(Cl)c(C#N)c(I)c1OC. The van der Waals surface area contributed by atoms with Crippen LogP contribution >= 0.6 is 34.2 Å². The van der Waals surface area contributed by atoms with Crippen molar-refractivity contribution < 1.29 is 4.74 Å². The van der Waals surface area contributed by atoms with E-state index in [0.717, 1.165) is 21.3 Å². The predicted molar refractivity (Wildman–Crippen MR) is 64.8 cm³/mol. The number of halogens is 2. The summed E-state index contributed by atoms with van der Waals surface area (Å²) in [5.74, 6) is 0.758. The van der Waals surface area contributed by atoms with Gasteiger partial charge in [-0.2, -0.15) is 5.26 Å². The van der Waals surface area contributed by atoms with E-state index in [2.05, 4.69) is 28.7 Å². The Labute approximate surface area is 102 Å². The van der Waals surface area contributed by atoms with Crippen LogP contribution in [0, 0.1) is 14.9 Å². The second kappa shape index (κ2) is 4.85. The maximum Gasteiger partial charge on any atom is 0.136 e. The molecular weight excluding hydrogens is 312 g/mol. The number of nitriles is 1. The van der Waals surface area contributed by atoms with Gasteiger partial charge in [0.25, 0.3) is 0 Å². The maximum atomic E-state index is 8.89. The van der Waals surface area contributed by atoms with E-state index in [1.807, 2.05) is 6.92 Å². The highest BCUT2D eigenvalue weighted by Gasteiger charge is 2.14. The summed E-state index contributed by atoms with van der Waals surface area (Å²) in [6.07, 6.45) is 0.838. The van der Waals surface area contributed by atoms with Gasteiger partial charge >= 0.3 is 0 Å². The Morgan fingerprint density at radius 3 is 2.71 bits per heavy atom. The van der Waals surface area contributed by atoms with E-state index in [0.29, 0.717) is 10.6 Å². The van der Waals surface area contributed by atoms with Gasteiger partial charge in [-0.3, -0.25) is 0 Å². The summed E-state index contributed by atoms with van der Waals surface area (Å²) in [7, 11) is 1.60. The molecule has 0 saturated heterocycles. The molecule has 74 valence electrons. The van der Waals surface area contributed by atoms with E-state index < -0.39 is 0 Å².